The normalized spacial score (nSPS) is 17.7. The number of nitro groups is 1. The third kappa shape index (κ3) is 3.64. The molecule has 0 spiro atoms. The van der Waals surface area contributed by atoms with E-state index in [0.717, 1.165) is 6.07 Å². The number of Topliss-reactive ketones (excluding diaryl/α,β-unsaturated/α-hetero) is 1. The van der Waals surface area contributed by atoms with Crippen LogP contribution in [0, 0.1) is 10.1 Å². The Kier molecular flexibility index (Phi) is 5.22. The van der Waals surface area contributed by atoms with Crippen LogP contribution in [-0.4, -0.2) is 26.7 Å². The molecule has 31 heavy (non-hydrogen) atoms. The number of carbonyl (C=O) groups is 2. The van der Waals surface area contributed by atoms with E-state index in [4.69, 9.17) is 11.6 Å². The Bertz CT molecular complexity index is 1240. The Morgan fingerprint density at radius 2 is 1.84 bits per heavy atom. The van der Waals surface area contributed by atoms with Crippen molar-refractivity contribution in [2.75, 3.05) is 4.90 Å². The van der Waals surface area contributed by atoms with Gasteiger partial charge in [0.25, 0.3) is 17.4 Å². The minimum absolute atomic E-state index is 0.0409. The zero-order valence-electron chi connectivity index (χ0n) is 15.8. The fraction of sp³-hybridized carbons (Fsp3) is 0.0455. The summed E-state index contributed by atoms with van der Waals surface area (Å²) in [5.74, 6) is -2.33. The molecule has 0 aliphatic carbocycles. The molecular weight excluding hydrogens is 422 g/mol. The van der Waals surface area contributed by atoms with Crippen LogP contribution in [0.4, 0.5) is 11.4 Å². The summed E-state index contributed by atoms with van der Waals surface area (Å²) >= 11 is 6.08. The predicted octanol–water partition coefficient (Wildman–Crippen LogP) is 4.27. The summed E-state index contributed by atoms with van der Waals surface area (Å²) in [7, 11) is 0. The highest BCUT2D eigenvalue weighted by atomic mass is 35.5. The number of amides is 1. The maximum absolute atomic E-state index is 13.0. The Labute approximate surface area is 181 Å². The molecule has 1 saturated heterocycles. The van der Waals surface area contributed by atoms with Gasteiger partial charge in [0.1, 0.15) is 11.8 Å². The van der Waals surface area contributed by atoms with Crippen LogP contribution in [-0.2, 0) is 9.59 Å². The minimum atomic E-state index is -1.04. The molecule has 2 aromatic carbocycles. The lowest BCUT2D eigenvalue weighted by Crippen LogP contribution is -2.29. The number of benzene rings is 2. The van der Waals surface area contributed by atoms with Gasteiger partial charge in [-0.1, -0.05) is 35.9 Å². The number of aromatic nitrogens is 1. The summed E-state index contributed by atoms with van der Waals surface area (Å²) in [5.41, 5.74) is 0.253. The Morgan fingerprint density at radius 1 is 1.06 bits per heavy atom. The molecule has 0 saturated carbocycles. The van der Waals surface area contributed by atoms with E-state index in [2.05, 4.69) is 4.98 Å². The Morgan fingerprint density at radius 3 is 2.52 bits per heavy atom. The maximum Gasteiger partial charge on any atom is 0.300 e. The smallest absolute Gasteiger partial charge is 0.300 e. The SMILES string of the molecule is O=C1C(=O)N(c2cccc(Cl)c2)C(c2ccccn2)/C1=C(/O)c1cccc([N+](=O)[O-])c1. The topological polar surface area (TPSA) is 114 Å². The van der Waals surface area contributed by atoms with Crippen LogP contribution < -0.4 is 4.90 Å². The first-order valence-electron chi connectivity index (χ1n) is 9.11. The molecule has 1 fully saturated rings. The van der Waals surface area contributed by atoms with Gasteiger partial charge in [-0.15, -0.1) is 0 Å². The number of nitrogens with zero attached hydrogens (tertiary/aromatic N) is 3. The van der Waals surface area contributed by atoms with Crippen LogP contribution in [0.2, 0.25) is 5.02 Å². The number of non-ortho nitro benzene ring substituents is 1. The van der Waals surface area contributed by atoms with Crippen LogP contribution in [0.15, 0.2) is 78.5 Å². The van der Waals surface area contributed by atoms with Crippen molar-refractivity contribution in [2.45, 2.75) is 6.04 Å². The van der Waals surface area contributed by atoms with Crippen molar-refractivity contribution in [3.05, 3.63) is 105 Å². The lowest BCUT2D eigenvalue weighted by molar-refractivity contribution is -0.384. The number of hydrogen-bond acceptors (Lipinski definition) is 6. The molecule has 1 unspecified atom stereocenters. The summed E-state index contributed by atoms with van der Waals surface area (Å²) < 4.78 is 0. The van der Waals surface area contributed by atoms with Crippen molar-refractivity contribution in [3.8, 4) is 0 Å². The summed E-state index contributed by atoms with van der Waals surface area (Å²) in [4.78, 5) is 41.9. The van der Waals surface area contributed by atoms with E-state index < -0.39 is 28.4 Å². The molecule has 1 N–H and O–H groups in total. The van der Waals surface area contributed by atoms with Gasteiger partial charge in [-0.3, -0.25) is 29.6 Å². The van der Waals surface area contributed by atoms with Gasteiger partial charge in [-0.05, 0) is 30.3 Å². The van der Waals surface area contributed by atoms with Gasteiger partial charge in [-0.25, -0.2) is 0 Å². The number of rotatable bonds is 4. The first-order valence-corrected chi connectivity index (χ1v) is 9.48. The average molecular weight is 436 g/mol. The molecule has 4 rings (SSSR count). The van der Waals surface area contributed by atoms with Crippen LogP contribution >= 0.6 is 11.6 Å². The van der Waals surface area contributed by atoms with Crippen molar-refractivity contribution in [2.24, 2.45) is 0 Å². The van der Waals surface area contributed by atoms with E-state index in [9.17, 15) is 24.8 Å². The fourth-order valence-corrected chi connectivity index (χ4v) is 3.65. The highest BCUT2D eigenvalue weighted by molar-refractivity contribution is 6.51. The molecule has 0 bridgehead atoms. The zero-order chi connectivity index (χ0) is 22.1. The lowest BCUT2D eigenvalue weighted by atomic mass is 9.98. The van der Waals surface area contributed by atoms with Crippen LogP contribution in [0.1, 0.15) is 17.3 Å². The number of aliphatic hydroxyl groups is 1. The number of pyridine rings is 1. The summed E-state index contributed by atoms with van der Waals surface area (Å²) in [6, 6.07) is 15.5. The highest BCUT2D eigenvalue weighted by Crippen LogP contribution is 2.42. The summed E-state index contributed by atoms with van der Waals surface area (Å²) in [5, 5.41) is 22.5. The van der Waals surface area contributed by atoms with E-state index in [0.29, 0.717) is 16.4 Å². The van der Waals surface area contributed by atoms with Gasteiger partial charge < -0.3 is 5.11 Å². The van der Waals surface area contributed by atoms with Gasteiger partial charge in [0, 0.05) is 34.6 Å². The van der Waals surface area contributed by atoms with E-state index >= 15 is 0 Å². The largest absolute Gasteiger partial charge is 0.507 e. The second-order valence-corrected chi connectivity index (χ2v) is 7.15. The van der Waals surface area contributed by atoms with E-state index in [1.807, 2.05) is 0 Å². The van der Waals surface area contributed by atoms with Gasteiger partial charge in [-0.2, -0.15) is 0 Å². The van der Waals surface area contributed by atoms with Crippen molar-refractivity contribution in [3.63, 3.8) is 0 Å². The Balaban J connectivity index is 1.95. The van der Waals surface area contributed by atoms with Gasteiger partial charge in [0.05, 0.1) is 16.2 Å². The molecule has 3 aromatic rings. The zero-order valence-corrected chi connectivity index (χ0v) is 16.6. The molecule has 1 amide bonds. The molecule has 1 aliphatic heterocycles. The van der Waals surface area contributed by atoms with E-state index in [-0.39, 0.29) is 16.8 Å². The molecule has 8 nitrogen and oxygen atoms in total. The number of aliphatic hydroxyl groups excluding tert-OH is 1. The first-order chi connectivity index (χ1) is 14.9. The van der Waals surface area contributed by atoms with Crippen molar-refractivity contribution in [1.29, 1.82) is 0 Å². The Hall–Kier alpha value is -4.04. The summed E-state index contributed by atoms with van der Waals surface area (Å²) in [6.07, 6.45) is 1.50. The number of hydrogen-bond donors (Lipinski definition) is 1. The van der Waals surface area contributed by atoms with E-state index in [1.165, 1.54) is 35.4 Å². The average Bonchev–Trinajstić information content (AvgIpc) is 3.04. The van der Waals surface area contributed by atoms with Crippen molar-refractivity contribution in [1.82, 2.24) is 4.98 Å². The standard InChI is InChI=1S/C22H14ClN3O5/c23-14-6-4-7-15(12-14)25-19(17-9-1-2-10-24-17)18(21(28)22(25)29)20(27)13-5-3-8-16(11-13)26(30)31/h1-12,19,27H/b20-18-. The number of halogens is 1. The maximum atomic E-state index is 13.0. The summed E-state index contributed by atoms with van der Waals surface area (Å²) in [6.45, 7) is 0. The third-order valence-electron chi connectivity index (χ3n) is 4.83. The monoisotopic (exact) mass is 435 g/mol. The molecule has 1 aromatic heterocycles. The molecular formula is C22H14ClN3O5. The fourth-order valence-electron chi connectivity index (χ4n) is 3.46. The number of ketones is 1. The molecule has 2 heterocycles. The third-order valence-corrected chi connectivity index (χ3v) is 5.06. The van der Waals surface area contributed by atoms with Crippen molar-refractivity contribution < 1.29 is 19.6 Å². The number of carbonyl (C=O) groups excluding carboxylic acids is 2. The predicted molar refractivity (Wildman–Crippen MR) is 114 cm³/mol. The highest BCUT2D eigenvalue weighted by Gasteiger charge is 2.47. The first kappa shape index (κ1) is 20.2. The number of nitro benzene ring substituents is 1. The molecule has 9 heteroatoms. The van der Waals surface area contributed by atoms with Crippen molar-refractivity contribution >= 4 is 40.4 Å². The van der Waals surface area contributed by atoms with E-state index in [1.54, 1.807) is 36.4 Å². The molecule has 0 radical (unpaired) electrons. The van der Waals surface area contributed by atoms with Crippen LogP contribution in [0.5, 0.6) is 0 Å². The van der Waals surface area contributed by atoms with Gasteiger partial charge >= 0.3 is 0 Å². The molecule has 154 valence electrons. The second kappa shape index (κ2) is 8.00. The van der Waals surface area contributed by atoms with Crippen LogP contribution in [0.25, 0.3) is 5.76 Å². The second-order valence-electron chi connectivity index (χ2n) is 6.71. The number of anilines is 1. The quantitative estimate of drug-likeness (QED) is 0.215. The van der Waals surface area contributed by atoms with Crippen LogP contribution in [0.3, 0.4) is 0 Å². The lowest BCUT2D eigenvalue weighted by Gasteiger charge is -2.24. The molecule has 1 atom stereocenters. The van der Waals surface area contributed by atoms with Gasteiger partial charge in [0.2, 0.25) is 0 Å². The molecule has 1 aliphatic rings. The van der Waals surface area contributed by atoms with Gasteiger partial charge in [0.15, 0.2) is 0 Å². The minimum Gasteiger partial charge on any atom is -0.507 e.